The zero-order chi connectivity index (χ0) is 13.9. The highest BCUT2D eigenvalue weighted by molar-refractivity contribution is 5.77. The minimum Gasteiger partial charge on any atom is -0.459 e. The highest BCUT2D eigenvalue weighted by Crippen LogP contribution is 2.24. The van der Waals surface area contributed by atoms with E-state index in [9.17, 15) is 0 Å². The van der Waals surface area contributed by atoms with Crippen molar-refractivity contribution in [2.45, 2.75) is 24.9 Å². The number of furan rings is 1. The molecule has 1 aromatic heterocycles. The molecule has 2 aromatic rings. The Morgan fingerprint density at radius 3 is 2.80 bits per heavy atom. The first-order chi connectivity index (χ1) is 9.74. The average molecular weight is 274 g/mol. The van der Waals surface area contributed by atoms with E-state index < -0.39 is 0 Å². The second kappa shape index (κ2) is 5.95. The number of ether oxygens (including phenoxy) is 1. The summed E-state index contributed by atoms with van der Waals surface area (Å²) in [5.41, 5.74) is 7.21. The van der Waals surface area contributed by atoms with E-state index in [4.69, 9.17) is 14.9 Å². The van der Waals surface area contributed by atoms with Gasteiger partial charge in [0.05, 0.1) is 6.04 Å². The number of hydrogen-bond acceptors (Lipinski definition) is 4. The third-order valence-corrected chi connectivity index (χ3v) is 4.11. The van der Waals surface area contributed by atoms with Gasteiger partial charge in [-0.3, -0.25) is 0 Å². The summed E-state index contributed by atoms with van der Waals surface area (Å²) in [4.78, 5) is 2.33. The molecule has 2 heterocycles. The number of nitrogens with zero attached hydrogens (tertiary/aromatic N) is 1. The van der Waals surface area contributed by atoms with Gasteiger partial charge in [-0.05, 0) is 32.0 Å². The fraction of sp³-hybridized carbons (Fsp3) is 0.500. The van der Waals surface area contributed by atoms with E-state index in [1.165, 1.54) is 0 Å². The van der Waals surface area contributed by atoms with Gasteiger partial charge in [-0.2, -0.15) is 0 Å². The molecule has 3 rings (SSSR count). The summed E-state index contributed by atoms with van der Waals surface area (Å²) in [6.07, 6.45) is 2.17. The summed E-state index contributed by atoms with van der Waals surface area (Å²) in [6.45, 7) is 2.52. The SMILES string of the molecule is CN(CC(N)c1cc2ccccc2o1)C1CCOCC1. The molecule has 0 radical (unpaired) electrons. The Labute approximate surface area is 119 Å². The predicted octanol–water partition coefficient (Wildman–Crippen LogP) is 2.54. The summed E-state index contributed by atoms with van der Waals surface area (Å²) < 4.78 is 11.2. The molecule has 2 N–H and O–H groups in total. The Hall–Kier alpha value is -1.36. The molecule has 0 bridgehead atoms. The molecule has 4 heteroatoms. The van der Waals surface area contributed by atoms with Crippen LogP contribution in [0.1, 0.15) is 24.6 Å². The maximum atomic E-state index is 6.30. The summed E-state index contributed by atoms with van der Waals surface area (Å²) in [5.74, 6) is 0.866. The van der Waals surface area contributed by atoms with Crippen LogP contribution in [0, 0.1) is 0 Å². The zero-order valence-electron chi connectivity index (χ0n) is 11.9. The molecule has 4 nitrogen and oxygen atoms in total. The number of likely N-dealkylation sites (N-methyl/N-ethyl adjacent to an activating group) is 1. The maximum Gasteiger partial charge on any atom is 0.134 e. The van der Waals surface area contributed by atoms with E-state index in [0.717, 1.165) is 49.3 Å². The van der Waals surface area contributed by atoms with Crippen molar-refractivity contribution in [2.24, 2.45) is 5.73 Å². The monoisotopic (exact) mass is 274 g/mol. The number of para-hydroxylation sites is 1. The Balaban J connectivity index is 1.67. The molecule has 0 amide bonds. The summed E-state index contributed by atoms with van der Waals surface area (Å²) in [5, 5.41) is 1.12. The van der Waals surface area contributed by atoms with Crippen LogP contribution < -0.4 is 5.73 Å². The topological polar surface area (TPSA) is 51.6 Å². The number of fused-ring (bicyclic) bond motifs is 1. The van der Waals surface area contributed by atoms with E-state index in [-0.39, 0.29) is 6.04 Å². The lowest BCUT2D eigenvalue weighted by molar-refractivity contribution is 0.0408. The van der Waals surface area contributed by atoms with Crippen molar-refractivity contribution in [1.29, 1.82) is 0 Å². The van der Waals surface area contributed by atoms with Crippen LogP contribution in [0.2, 0.25) is 0 Å². The van der Waals surface area contributed by atoms with Gasteiger partial charge in [0.15, 0.2) is 0 Å². The van der Waals surface area contributed by atoms with Gasteiger partial charge >= 0.3 is 0 Å². The molecule has 0 saturated carbocycles. The number of rotatable bonds is 4. The van der Waals surface area contributed by atoms with Crippen LogP contribution in [0.3, 0.4) is 0 Å². The van der Waals surface area contributed by atoms with Gasteiger partial charge in [-0.1, -0.05) is 18.2 Å². The minimum absolute atomic E-state index is 0.0877. The van der Waals surface area contributed by atoms with Crippen molar-refractivity contribution in [1.82, 2.24) is 4.90 Å². The smallest absolute Gasteiger partial charge is 0.134 e. The third kappa shape index (κ3) is 2.87. The van der Waals surface area contributed by atoms with Crippen LogP contribution in [0.25, 0.3) is 11.0 Å². The van der Waals surface area contributed by atoms with E-state index in [1.54, 1.807) is 0 Å². The molecule has 0 spiro atoms. The molecule has 1 unspecified atom stereocenters. The highest BCUT2D eigenvalue weighted by Gasteiger charge is 2.21. The molecule has 1 aromatic carbocycles. The van der Waals surface area contributed by atoms with Crippen LogP contribution in [-0.2, 0) is 4.74 Å². The lowest BCUT2D eigenvalue weighted by atomic mass is 10.1. The first-order valence-corrected chi connectivity index (χ1v) is 7.26. The molecule has 1 aliphatic heterocycles. The molecule has 1 aliphatic rings. The van der Waals surface area contributed by atoms with Gasteiger partial charge in [0.2, 0.25) is 0 Å². The molecule has 1 saturated heterocycles. The average Bonchev–Trinajstić information content (AvgIpc) is 2.92. The van der Waals surface area contributed by atoms with Crippen molar-refractivity contribution in [3.05, 3.63) is 36.1 Å². The van der Waals surface area contributed by atoms with Crippen molar-refractivity contribution < 1.29 is 9.15 Å². The van der Waals surface area contributed by atoms with E-state index in [0.29, 0.717) is 6.04 Å². The van der Waals surface area contributed by atoms with Gasteiger partial charge in [-0.15, -0.1) is 0 Å². The van der Waals surface area contributed by atoms with Crippen LogP contribution in [-0.4, -0.2) is 37.7 Å². The van der Waals surface area contributed by atoms with Crippen molar-refractivity contribution in [3.63, 3.8) is 0 Å². The van der Waals surface area contributed by atoms with Crippen molar-refractivity contribution in [2.75, 3.05) is 26.8 Å². The lowest BCUT2D eigenvalue weighted by Gasteiger charge is -2.32. The summed E-state index contributed by atoms with van der Waals surface area (Å²) >= 11 is 0. The first kappa shape index (κ1) is 13.6. The normalized spacial score (nSPS) is 18.8. The fourth-order valence-corrected chi connectivity index (χ4v) is 2.86. The standard InChI is InChI=1S/C16H22N2O2/c1-18(13-6-8-19-9-7-13)11-14(17)16-10-12-4-2-3-5-15(12)20-16/h2-5,10,13-14H,6-9,11,17H2,1H3. The fourth-order valence-electron chi connectivity index (χ4n) is 2.86. The Morgan fingerprint density at radius 1 is 1.30 bits per heavy atom. The first-order valence-electron chi connectivity index (χ1n) is 7.26. The van der Waals surface area contributed by atoms with Crippen LogP contribution in [0.4, 0.5) is 0 Å². The molecule has 108 valence electrons. The summed E-state index contributed by atoms with van der Waals surface area (Å²) in [6, 6.07) is 10.6. The Bertz CT molecular complexity index is 527. The van der Waals surface area contributed by atoms with Gasteiger partial charge in [0.25, 0.3) is 0 Å². The number of nitrogens with two attached hydrogens (primary N) is 1. The second-order valence-corrected chi connectivity index (χ2v) is 5.58. The van der Waals surface area contributed by atoms with Crippen LogP contribution in [0.5, 0.6) is 0 Å². The molecular weight excluding hydrogens is 252 g/mol. The van der Waals surface area contributed by atoms with Crippen molar-refractivity contribution >= 4 is 11.0 Å². The molecular formula is C16H22N2O2. The molecule has 20 heavy (non-hydrogen) atoms. The Morgan fingerprint density at radius 2 is 2.05 bits per heavy atom. The highest BCUT2D eigenvalue weighted by atomic mass is 16.5. The van der Waals surface area contributed by atoms with Crippen LogP contribution in [0.15, 0.2) is 34.7 Å². The second-order valence-electron chi connectivity index (χ2n) is 5.58. The maximum absolute atomic E-state index is 6.30. The largest absolute Gasteiger partial charge is 0.459 e. The molecule has 0 aliphatic carbocycles. The van der Waals surface area contributed by atoms with Gasteiger partial charge in [0.1, 0.15) is 11.3 Å². The number of hydrogen-bond donors (Lipinski definition) is 1. The van der Waals surface area contributed by atoms with Crippen molar-refractivity contribution in [3.8, 4) is 0 Å². The van der Waals surface area contributed by atoms with E-state index in [2.05, 4.69) is 24.1 Å². The Kier molecular flexibility index (Phi) is 4.05. The minimum atomic E-state index is -0.0877. The van der Waals surface area contributed by atoms with Gasteiger partial charge in [-0.25, -0.2) is 0 Å². The van der Waals surface area contributed by atoms with E-state index in [1.807, 2.05) is 18.2 Å². The zero-order valence-corrected chi connectivity index (χ0v) is 11.9. The lowest BCUT2D eigenvalue weighted by Crippen LogP contribution is -2.40. The molecule has 1 fully saturated rings. The van der Waals surface area contributed by atoms with Gasteiger partial charge in [0, 0.05) is 31.2 Å². The van der Waals surface area contributed by atoms with E-state index >= 15 is 0 Å². The number of benzene rings is 1. The van der Waals surface area contributed by atoms with Gasteiger partial charge < -0.3 is 19.8 Å². The van der Waals surface area contributed by atoms with Crippen LogP contribution >= 0.6 is 0 Å². The summed E-state index contributed by atoms with van der Waals surface area (Å²) in [7, 11) is 2.14. The quantitative estimate of drug-likeness (QED) is 0.931. The molecule has 1 atom stereocenters. The predicted molar refractivity (Wildman–Crippen MR) is 79.6 cm³/mol. The third-order valence-electron chi connectivity index (χ3n) is 4.11.